The molecule has 0 bridgehead atoms. The molecule has 35 heavy (non-hydrogen) atoms. The third kappa shape index (κ3) is 5.83. The summed E-state index contributed by atoms with van der Waals surface area (Å²) in [6.45, 7) is -0.284. The quantitative estimate of drug-likeness (QED) is 0.236. The molecule has 0 unspecified atom stereocenters. The van der Waals surface area contributed by atoms with E-state index in [2.05, 4.69) is 12.1 Å². The molecule has 3 aromatic rings. The molecule has 2 aliphatic carbocycles. The third-order valence-corrected chi connectivity index (χ3v) is 8.94. The average Bonchev–Trinajstić information content (AvgIpc) is 3.30. The number of esters is 1. The van der Waals surface area contributed by atoms with Gasteiger partial charge in [-0.25, -0.2) is 4.79 Å². The molecule has 0 spiro atoms. The molecule has 2 fully saturated rings. The lowest BCUT2D eigenvalue weighted by molar-refractivity contribution is 0.0445. The fourth-order valence-electron chi connectivity index (χ4n) is 5.50. The predicted molar refractivity (Wildman–Crippen MR) is 141 cm³/mol. The highest BCUT2D eigenvalue weighted by atomic mass is 32.2. The number of carbonyl (C=O) groups excluding carboxylic acids is 2. The van der Waals surface area contributed by atoms with Crippen molar-refractivity contribution in [1.82, 2.24) is 0 Å². The molecule has 0 N–H and O–H groups in total. The highest BCUT2D eigenvalue weighted by Gasteiger charge is 2.24. The SMILES string of the molecule is O=C(COC(=O)c1oc2ccccc2c1CSC1CCCCC1)c1ccc(C2CCCCC2)cc1. The average molecular weight is 491 g/mol. The van der Waals surface area contributed by atoms with Gasteiger partial charge in [0.25, 0.3) is 0 Å². The topological polar surface area (TPSA) is 56.5 Å². The third-order valence-electron chi connectivity index (χ3n) is 7.54. The lowest BCUT2D eigenvalue weighted by Crippen LogP contribution is -2.15. The number of para-hydroxylation sites is 1. The molecule has 2 aromatic carbocycles. The molecule has 0 radical (unpaired) electrons. The lowest BCUT2D eigenvalue weighted by Gasteiger charge is -2.22. The maximum absolute atomic E-state index is 13.0. The van der Waals surface area contributed by atoms with Gasteiger partial charge in [-0.2, -0.15) is 11.8 Å². The number of Topliss-reactive ketones (excluding diaryl/α,β-unsaturated/α-hetero) is 1. The number of benzene rings is 2. The van der Waals surface area contributed by atoms with E-state index >= 15 is 0 Å². The Morgan fingerprint density at radius 1 is 0.857 bits per heavy atom. The van der Waals surface area contributed by atoms with Crippen LogP contribution < -0.4 is 0 Å². The number of fused-ring (bicyclic) bond motifs is 1. The van der Waals surface area contributed by atoms with E-state index in [1.165, 1.54) is 69.8 Å². The van der Waals surface area contributed by atoms with Gasteiger partial charge >= 0.3 is 5.97 Å². The lowest BCUT2D eigenvalue weighted by atomic mass is 9.84. The fraction of sp³-hybridized carbons (Fsp3) is 0.467. The van der Waals surface area contributed by atoms with Crippen LogP contribution in [0.4, 0.5) is 0 Å². The molecule has 2 saturated carbocycles. The van der Waals surface area contributed by atoms with Crippen molar-refractivity contribution < 1.29 is 18.7 Å². The standard InChI is InChI=1S/C30H34O4S/c31-27(23-17-15-22(16-18-23)21-9-3-1-4-10-21)19-33-30(32)29-26(20-35-24-11-5-2-6-12-24)25-13-7-8-14-28(25)34-29/h7-8,13-18,21,24H,1-6,9-12,19-20H2. The predicted octanol–water partition coefficient (Wildman–Crippen LogP) is 8.09. The van der Waals surface area contributed by atoms with Gasteiger partial charge < -0.3 is 9.15 Å². The highest BCUT2D eigenvalue weighted by Crippen LogP contribution is 2.35. The number of ketones is 1. The first-order valence-electron chi connectivity index (χ1n) is 13.1. The van der Waals surface area contributed by atoms with E-state index in [9.17, 15) is 9.59 Å². The van der Waals surface area contributed by atoms with Gasteiger partial charge in [0.05, 0.1) is 0 Å². The number of hydrogen-bond acceptors (Lipinski definition) is 5. The number of ether oxygens (including phenoxy) is 1. The summed E-state index contributed by atoms with van der Waals surface area (Å²) in [5.74, 6) is 0.789. The summed E-state index contributed by atoms with van der Waals surface area (Å²) in [7, 11) is 0. The molecule has 0 atom stereocenters. The van der Waals surface area contributed by atoms with E-state index < -0.39 is 5.97 Å². The van der Waals surface area contributed by atoms with Crippen molar-refractivity contribution >= 4 is 34.5 Å². The van der Waals surface area contributed by atoms with E-state index in [4.69, 9.17) is 9.15 Å². The Morgan fingerprint density at radius 2 is 1.54 bits per heavy atom. The van der Waals surface area contributed by atoms with Crippen LogP contribution in [0.25, 0.3) is 11.0 Å². The van der Waals surface area contributed by atoms with Crippen molar-refractivity contribution in [2.45, 2.75) is 81.1 Å². The molecule has 184 valence electrons. The maximum atomic E-state index is 13.0. The minimum absolute atomic E-state index is 0.192. The van der Waals surface area contributed by atoms with Crippen molar-refractivity contribution in [2.24, 2.45) is 0 Å². The molecule has 1 heterocycles. The van der Waals surface area contributed by atoms with Crippen molar-refractivity contribution in [1.29, 1.82) is 0 Å². The van der Waals surface area contributed by atoms with Crippen molar-refractivity contribution in [3.8, 4) is 0 Å². The van der Waals surface area contributed by atoms with Crippen LogP contribution in [0.3, 0.4) is 0 Å². The van der Waals surface area contributed by atoms with E-state index in [0.717, 1.165) is 10.9 Å². The van der Waals surface area contributed by atoms with E-state index in [1.54, 1.807) is 0 Å². The normalized spacial score (nSPS) is 17.5. The van der Waals surface area contributed by atoms with Crippen LogP contribution in [0.15, 0.2) is 52.9 Å². The zero-order valence-corrected chi connectivity index (χ0v) is 21.1. The molecule has 0 aliphatic heterocycles. The molecule has 4 nitrogen and oxygen atoms in total. The molecular weight excluding hydrogens is 456 g/mol. The van der Waals surface area contributed by atoms with E-state index in [1.807, 2.05) is 48.2 Å². The van der Waals surface area contributed by atoms with Gasteiger partial charge in [0.2, 0.25) is 5.76 Å². The Hall–Kier alpha value is -2.53. The minimum atomic E-state index is -0.562. The van der Waals surface area contributed by atoms with Crippen molar-refractivity contribution in [2.75, 3.05) is 6.61 Å². The Labute approximate surface area is 211 Å². The van der Waals surface area contributed by atoms with Crippen LogP contribution in [-0.2, 0) is 10.5 Å². The summed E-state index contributed by atoms with van der Waals surface area (Å²) in [6, 6.07) is 15.6. The molecule has 2 aliphatic rings. The summed E-state index contributed by atoms with van der Waals surface area (Å²) >= 11 is 1.90. The molecular formula is C30H34O4S. The number of thioether (sulfide) groups is 1. The maximum Gasteiger partial charge on any atom is 0.375 e. The van der Waals surface area contributed by atoms with Gasteiger partial charge in [0.15, 0.2) is 12.4 Å². The summed E-state index contributed by atoms with van der Waals surface area (Å²) in [5, 5.41) is 1.58. The van der Waals surface area contributed by atoms with E-state index in [-0.39, 0.29) is 18.2 Å². The van der Waals surface area contributed by atoms with Crippen LogP contribution >= 0.6 is 11.8 Å². The monoisotopic (exact) mass is 490 g/mol. The molecule has 5 heteroatoms. The molecule has 0 amide bonds. The molecule has 5 rings (SSSR count). The number of carbonyl (C=O) groups is 2. The first-order valence-corrected chi connectivity index (χ1v) is 14.2. The van der Waals surface area contributed by atoms with Gasteiger partial charge in [-0.15, -0.1) is 0 Å². The van der Waals surface area contributed by atoms with Crippen LogP contribution in [0, 0.1) is 0 Å². The summed E-state index contributed by atoms with van der Waals surface area (Å²) in [5.41, 5.74) is 3.45. The largest absolute Gasteiger partial charge is 0.451 e. The van der Waals surface area contributed by atoms with Crippen LogP contribution in [-0.4, -0.2) is 23.6 Å². The summed E-state index contributed by atoms with van der Waals surface area (Å²) < 4.78 is 11.4. The van der Waals surface area contributed by atoms with Crippen LogP contribution in [0.1, 0.15) is 102 Å². The van der Waals surface area contributed by atoms with E-state index in [0.29, 0.717) is 28.1 Å². The highest BCUT2D eigenvalue weighted by molar-refractivity contribution is 7.99. The smallest absolute Gasteiger partial charge is 0.375 e. The Bertz CT molecular complexity index is 1150. The second-order valence-corrected chi connectivity index (χ2v) is 11.2. The first kappa shape index (κ1) is 24.2. The summed E-state index contributed by atoms with van der Waals surface area (Å²) in [6.07, 6.45) is 12.7. The van der Waals surface area contributed by atoms with Gasteiger partial charge in [-0.05, 0) is 43.2 Å². The molecule has 0 saturated heterocycles. The zero-order chi connectivity index (χ0) is 24.0. The fourth-order valence-corrected chi connectivity index (χ4v) is 6.85. The number of furan rings is 1. The Morgan fingerprint density at radius 3 is 2.29 bits per heavy atom. The van der Waals surface area contributed by atoms with Gasteiger partial charge in [0.1, 0.15) is 5.58 Å². The van der Waals surface area contributed by atoms with Gasteiger partial charge in [0, 0.05) is 27.5 Å². The Kier molecular flexibility index (Phi) is 7.92. The summed E-state index contributed by atoms with van der Waals surface area (Å²) in [4.78, 5) is 25.8. The first-order chi connectivity index (χ1) is 17.2. The van der Waals surface area contributed by atoms with Crippen LogP contribution in [0.2, 0.25) is 0 Å². The second-order valence-electron chi connectivity index (χ2n) is 9.93. The number of hydrogen-bond donors (Lipinski definition) is 0. The van der Waals surface area contributed by atoms with Gasteiger partial charge in [-0.3, -0.25) is 4.79 Å². The zero-order valence-electron chi connectivity index (χ0n) is 20.3. The minimum Gasteiger partial charge on any atom is -0.451 e. The van der Waals surface area contributed by atoms with Crippen LogP contribution in [0.5, 0.6) is 0 Å². The number of rotatable bonds is 8. The Balaban J connectivity index is 1.24. The van der Waals surface area contributed by atoms with Crippen molar-refractivity contribution in [3.05, 3.63) is 71.0 Å². The van der Waals surface area contributed by atoms with Crippen molar-refractivity contribution in [3.63, 3.8) is 0 Å². The second kappa shape index (κ2) is 11.5. The molecule has 1 aromatic heterocycles. The van der Waals surface area contributed by atoms with Gasteiger partial charge in [-0.1, -0.05) is 81.0 Å².